The predicted molar refractivity (Wildman–Crippen MR) is 90.1 cm³/mol. The van der Waals surface area contributed by atoms with Gasteiger partial charge in [-0.05, 0) is 25.0 Å². The number of carbonyl (C=O) groups excluding carboxylic acids is 1. The Hall–Kier alpha value is -2.63. The molecule has 1 amide bonds. The fourth-order valence-corrected chi connectivity index (χ4v) is 3.20. The number of aromatic nitrogens is 2. The first kappa shape index (κ1) is 16.2. The van der Waals surface area contributed by atoms with Crippen molar-refractivity contribution in [2.24, 2.45) is 0 Å². The highest BCUT2D eigenvalue weighted by atomic mass is 16.5. The second-order valence-corrected chi connectivity index (χ2v) is 6.00. The van der Waals surface area contributed by atoms with Gasteiger partial charge in [0.15, 0.2) is 0 Å². The maximum Gasteiger partial charge on any atom is 0.345 e. The van der Waals surface area contributed by atoms with E-state index in [4.69, 9.17) is 4.74 Å². The monoisotopic (exact) mass is 327 g/mol. The number of piperidine rings is 1. The van der Waals surface area contributed by atoms with Gasteiger partial charge >= 0.3 is 5.69 Å². The second kappa shape index (κ2) is 7.29. The van der Waals surface area contributed by atoms with Gasteiger partial charge in [-0.1, -0.05) is 18.2 Å². The number of amides is 1. The molecule has 6 nitrogen and oxygen atoms in total. The number of ether oxygens (including phenoxy) is 1. The zero-order valence-electron chi connectivity index (χ0n) is 13.7. The molecule has 0 unspecified atom stereocenters. The summed E-state index contributed by atoms with van der Waals surface area (Å²) in [5.74, 6) is 0.967. The topological polar surface area (TPSA) is 75.3 Å². The Morgan fingerprint density at radius 2 is 2.21 bits per heavy atom. The lowest BCUT2D eigenvalue weighted by atomic mass is 9.94. The average Bonchev–Trinajstić information content (AvgIpc) is 2.62. The minimum atomic E-state index is -0.343. The number of aromatic amines is 1. The van der Waals surface area contributed by atoms with Gasteiger partial charge in [0.25, 0.3) is 0 Å². The molecule has 0 aliphatic carbocycles. The van der Waals surface area contributed by atoms with Crippen molar-refractivity contribution in [2.75, 3.05) is 20.2 Å². The summed E-state index contributed by atoms with van der Waals surface area (Å²) in [6, 6.07) is 9.40. The smallest absolute Gasteiger partial charge is 0.345 e. The summed E-state index contributed by atoms with van der Waals surface area (Å²) in [6.45, 7) is 1.37. The Morgan fingerprint density at radius 3 is 3.00 bits per heavy atom. The van der Waals surface area contributed by atoms with Crippen molar-refractivity contribution in [3.8, 4) is 5.75 Å². The van der Waals surface area contributed by atoms with Crippen LogP contribution in [-0.4, -0.2) is 41.0 Å². The molecule has 1 saturated heterocycles. The molecule has 0 bridgehead atoms. The summed E-state index contributed by atoms with van der Waals surface area (Å²) in [7, 11) is 1.61. The van der Waals surface area contributed by atoms with Gasteiger partial charge in [-0.25, -0.2) is 9.78 Å². The molecule has 2 heterocycles. The van der Waals surface area contributed by atoms with Gasteiger partial charge in [-0.15, -0.1) is 0 Å². The number of nitrogens with one attached hydrogen (secondary N) is 1. The van der Waals surface area contributed by atoms with Crippen LogP contribution >= 0.6 is 0 Å². The lowest BCUT2D eigenvalue weighted by molar-refractivity contribution is -0.131. The fourth-order valence-electron chi connectivity index (χ4n) is 3.20. The summed E-state index contributed by atoms with van der Waals surface area (Å²) in [5, 5.41) is 0. The Balaban J connectivity index is 1.70. The van der Waals surface area contributed by atoms with Crippen molar-refractivity contribution in [1.29, 1.82) is 0 Å². The Kier molecular flexibility index (Phi) is 4.93. The lowest BCUT2D eigenvalue weighted by Gasteiger charge is -2.33. The summed E-state index contributed by atoms with van der Waals surface area (Å²) in [6.07, 6.45) is 3.72. The molecule has 24 heavy (non-hydrogen) atoms. The molecule has 6 heteroatoms. The molecule has 1 N–H and O–H groups in total. The molecule has 0 radical (unpaired) electrons. The van der Waals surface area contributed by atoms with Crippen LogP contribution in [0.5, 0.6) is 5.75 Å². The normalized spacial score (nSPS) is 17.5. The number of H-pyrrole nitrogens is 1. The van der Waals surface area contributed by atoms with Crippen molar-refractivity contribution < 1.29 is 9.53 Å². The number of rotatable bonds is 4. The van der Waals surface area contributed by atoms with Crippen molar-refractivity contribution in [3.63, 3.8) is 0 Å². The Morgan fingerprint density at radius 1 is 1.38 bits per heavy atom. The van der Waals surface area contributed by atoms with Crippen LogP contribution in [0, 0.1) is 0 Å². The third-order valence-corrected chi connectivity index (χ3v) is 4.45. The van der Waals surface area contributed by atoms with E-state index < -0.39 is 0 Å². The standard InChI is InChI=1S/C18H21N3O3/c1-24-16-7-3-2-5-13(16)11-17(22)21-10-4-6-14(12-21)15-8-9-19-18(23)20-15/h2-3,5,7-9,14H,4,6,10-12H2,1H3,(H,19,20,23)/t14-/m0/s1. The van der Waals surface area contributed by atoms with Crippen LogP contribution in [-0.2, 0) is 11.2 Å². The number of benzene rings is 1. The molecule has 1 aliphatic rings. The van der Waals surface area contributed by atoms with Gasteiger partial charge in [0, 0.05) is 36.5 Å². The van der Waals surface area contributed by atoms with E-state index >= 15 is 0 Å². The summed E-state index contributed by atoms with van der Waals surface area (Å²) >= 11 is 0. The number of hydrogen-bond donors (Lipinski definition) is 1. The Bertz CT molecular complexity index is 772. The van der Waals surface area contributed by atoms with Crippen molar-refractivity contribution in [1.82, 2.24) is 14.9 Å². The van der Waals surface area contributed by atoms with Crippen LogP contribution in [0.25, 0.3) is 0 Å². The van der Waals surface area contributed by atoms with Gasteiger partial charge in [0.2, 0.25) is 5.91 Å². The van der Waals surface area contributed by atoms with Crippen molar-refractivity contribution >= 4 is 5.91 Å². The number of hydrogen-bond acceptors (Lipinski definition) is 4. The minimum absolute atomic E-state index is 0.0839. The van der Waals surface area contributed by atoms with Crippen LogP contribution < -0.4 is 10.4 Å². The maximum absolute atomic E-state index is 12.7. The Labute approximate surface area is 140 Å². The molecular formula is C18H21N3O3. The third-order valence-electron chi connectivity index (χ3n) is 4.45. The summed E-state index contributed by atoms with van der Waals surface area (Å²) in [5.41, 5.74) is 1.40. The molecule has 0 saturated carbocycles. The largest absolute Gasteiger partial charge is 0.496 e. The molecule has 1 atom stereocenters. The third kappa shape index (κ3) is 3.64. The molecule has 3 rings (SSSR count). The molecule has 1 aliphatic heterocycles. The molecule has 1 fully saturated rings. The van der Waals surface area contributed by atoms with E-state index in [1.807, 2.05) is 35.2 Å². The van der Waals surface area contributed by atoms with Crippen molar-refractivity contribution in [2.45, 2.75) is 25.2 Å². The van der Waals surface area contributed by atoms with Gasteiger partial charge < -0.3 is 14.6 Å². The van der Waals surface area contributed by atoms with Gasteiger partial charge in [0.1, 0.15) is 5.75 Å². The molecule has 1 aromatic carbocycles. The number of nitrogens with zero attached hydrogens (tertiary/aromatic N) is 2. The average molecular weight is 327 g/mol. The number of carbonyl (C=O) groups is 1. The van der Waals surface area contributed by atoms with E-state index in [2.05, 4.69) is 9.97 Å². The van der Waals surface area contributed by atoms with Crippen LogP contribution in [0.15, 0.2) is 41.3 Å². The quantitative estimate of drug-likeness (QED) is 0.928. The van der Waals surface area contributed by atoms with Gasteiger partial charge in [-0.2, -0.15) is 0 Å². The molecule has 0 spiro atoms. The van der Waals surface area contributed by atoms with E-state index in [0.29, 0.717) is 13.0 Å². The summed E-state index contributed by atoms with van der Waals surface area (Å²) < 4.78 is 5.32. The van der Waals surface area contributed by atoms with Crippen LogP contribution in [0.3, 0.4) is 0 Å². The molecular weight excluding hydrogens is 306 g/mol. The fraction of sp³-hybridized carbons (Fsp3) is 0.389. The number of likely N-dealkylation sites (tertiary alicyclic amines) is 1. The van der Waals surface area contributed by atoms with Gasteiger partial charge in [-0.3, -0.25) is 4.79 Å². The van der Waals surface area contributed by atoms with E-state index in [1.54, 1.807) is 7.11 Å². The van der Waals surface area contributed by atoms with E-state index in [1.165, 1.54) is 6.20 Å². The first-order valence-corrected chi connectivity index (χ1v) is 8.12. The SMILES string of the molecule is COc1ccccc1CC(=O)N1CCC[C@H](c2ccnc(=O)[nH]2)C1. The predicted octanol–water partition coefficient (Wildman–Crippen LogP) is 1.73. The zero-order valence-corrected chi connectivity index (χ0v) is 13.7. The zero-order chi connectivity index (χ0) is 16.9. The maximum atomic E-state index is 12.7. The van der Waals surface area contributed by atoms with E-state index in [-0.39, 0.29) is 17.5 Å². The molecule has 126 valence electrons. The van der Waals surface area contributed by atoms with Crippen LogP contribution in [0.4, 0.5) is 0 Å². The molecule has 1 aromatic heterocycles. The van der Waals surface area contributed by atoms with Gasteiger partial charge in [0.05, 0.1) is 13.5 Å². The number of methoxy groups -OCH3 is 1. The van der Waals surface area contributed by atoms with E-state index in [9.17, 15) is 9.59 Å². The lowest BCUT2D eigenvalue weighted by Crippen LogP contribution is -2.40. The minimum Gasteiger partial charge on any atom is -0.496 e. The summed E-state index contributed by atoms with van der Waals surface area (Å²) in [4.78, 5) is 32.4. The van der Waals surface area contributed by atoms with Crippen molar-refractivity contribution in [3.05, 3.63) is 58.3 Å². The highest BCUT2D eigenvalue weighted by molar-refractivity contribution is 5.79. The highest BCUT2D eigenvalue weighted by Crippen LogP contribution is 2.26. The highest BCUT2D eigenvalue weighted by Gasteiger charge is 2.25. The van der Waals surface area contributed by atoms with E-state index in [0.717, 1.165) is 36.4 Å². The molecule has 2 aromatic rings. The first-order chi connectivity index (χ1) is 11.7. The second-order valence-electron chi connectivity index (χ2n) is 6.00. The first-order valence-electron chi connectivity index (χ1n) is 8.12. The number of para-hydroxylation sites is 1. The van der Waals surface area contributed by atoms with Crippen LogP contribution in [0.2, 0.25) is 0 Å². The van der Waals surface area contributed by atoms with Crippen LogP contribution in [0.1, 0.15) is 30.0 Å².